The quantitative estimate of drug-likeness (QED) is 0.346. The van der Waals surface area contributed by atoms with Crippen LogP contribution < -0.4 is 14.9 Å². The molecule has 0 saturated carbocycles. The molecule has 0 spiro atoms. The van der Waals surface area contributed by atoms with Gasteiger partial charge in [-0.1, -0.05) is 35.3 Å². The fourth-order valence-electron chi connectivity index (χ4n) is 2.47. The average molecular weight is 436 g/mol. The number of halogens is 2. The molecule has 1 heterocycles. The van der Waals surface area contributed by atoms with E-state index in [1.165, 1.54) is 11.3 Å². The maximum atomic E-state index is 6.26. The summed E-state index contributed by atoms with van der Waals surface area (Å²) >= 11 is 14.0. The Morgan fingerprint density at radius 3 is 2.57 bits per heavy atom. The van der Waals surface area contributed by atoms with Gasteiger partial charge in [-0.2, -0.15) is 5.10 Å². The number of ether oxygens (including phenoxy) is 2. The number of hydrogen-bond acceptors (Lipinski definition) is 6. The van der Waals surface area contributed by atoms with E-state index in [1.807, 2.05) is 43.5 Å². The van der Waals surface area contributed by atoms with Crippen molar-refractivity contribution in [3.63, 3.8) is 0 Å². The molecule has 0 amide bonds. The van der Waals surface area contributed by atoms with Crippen LogP contribution in [0.25, 0.3) is 11.3 Å². The first-order valence-corrected chi connectivity index (χ1v) is 10.1. The Morgan fingerprint density at radius 2 is 1.89 bits per heavy atom. The summed E-state index contributed by atoms with van der Waals surface area (Å²) in [6.07, 6.45) is 1.61. The lowest BCUT2D eigenvalue weighted by Gasteiger charge is -2.13. The third kappa shape index (κ3) is 4.95. The van der Waals surface area contributed by atoms with E-state index in [9.17, 15) is 0 Å². The van der Waals surface area contributed by atoms with Crippen LogP contribution in [0.1, 0.15) is 19.4 Å². The molecule has 0 aliphatic heterocycles. The van der Waals surface area contributed by atoms with Crippen LogP contribution >= 0.6 is 34.5 Å². The van der Waals surface area contributed by atoms with Crippen LogP contribution in [-0.4, -0.2) is 24.4 Å². The Kier molecular flexibility index (Phi) is 6.78. The first-order valence-electron chi connectivity index (χ1n) is 8.51. The number of para-hydroxylation sites is 1. The second-order valence-electron chi connectivity index (χ2n) is 6.09. The zero-order chi connectivity index (χ0) is 20.1. The molecular weight excluding hydrogens is 417 g/mol. The number of hydrogen-bond donors (Lipinski definition) is 1. The summed E-state index contributed by atoms with van der Waals surface area (Å²) in [5.74, 6) is 1.25. The molecule has 0 bridgehead atoms. The van der Waals surface area contributed by atoms with Gasteiger partial charge in [-0.05, 0) is 43.7 Å². The van der Waals surface area contributed by atoms with E-state index in [1.54, 1.807) is 25.5 Å². The maximum absolute atomic E-state index is 6.26. The van der Waals surface area contributed by atoms with Crippen LogP contribution in [0.4, 0.5) is 5.13 Å². The number of nitrogens with one attached hydrogen (secondary N) is 1. The highest BCUT2D eigenvalue weighted by Gasteiger charge is 2.11. The van der Waals surface area contributed by atoms with Gasteiger partial charge < -0.3 is 9.47 Å². The largest absolute Gasteiger partial charge is 0.496 e. The van der Waals surface area contributed by atoms with E-state index in [0.717, 1.165) is 22.6 Å². The lowest BCUT2D eigenvalue weighted by Crippen LogP contribution is -2.06. The molecule has 146 valence electrons. The van der Waals surface area contributed by atoms with Gasteiger partial charge in [-0.15, -0.1) is 11.3 Å². The van der Waals surface area contributed by atoms with Gasteiger partial charge in [-0.3, -0.25) is 5.43 Å². The third-order valence-corrected chi connectivity index (χ3v) is 4.94. The topological polar surface area (TPSA) is 55.7 Å². The van der Waals surface area contributed by atoms with Crippen molar-refractivity contribution in [2.24, 2.45) is 5.10 Å². The van der Waals surface area contributed by atoms with E-state index in [0.29, 0.717) is 20.9 Å². The average Bonchev–Trinajstić information content (AvgIpc) is 3.13. The highest BCUT2D eigenvalue weighted by Crippen LogP contribution is 2.35. The molecule has 3 aromatic rings. The number of rotatable bonds is 7. The van der Waals surface area contributed by atoms with Crippen molar-refractivity contribution < 1.29 is 9.47 Å². The van der Waals surface area contributed by atoms with Gasteiger partial charge in [0.2, 0.25) is 5.13 Å². The van der Waals surface area contributed by atoms with Crippen LogP contribution in [0.2, 0.25) is 10.0 Å². The molecular formula is C20H19Cl2N3O2S. The number of methoxy groups -OCH3 is 1. The van der Waals surface area contributed by atoms with Gasteiger partial charge >= 0.3 is 0 Å². The molecule has 0 radical (unpaired) electrons. The molecule has 0 unspecified atom stereocenters. The van der Waals surface area contributed by atoms with E-state index in [4.69, 9.17) is 32.7 Å². The third-order valence-electron chi connectivity index (χ3n) is 3.64. The second kappa shape index (κ2) is 9.28. The minimum Gasteiger partial charge on any atom is -0.496 e. The molecule has 0 aliphatic rings. The molecule has 28 heavy (non-hydrogen) atoms. The van der Waals surface area contributed by atoms with E-state index < -0.39 is 0 Å². The van der Waals surface area contributed by atoms with E-state index in [2.05, 4.69) is 15.5 Å². The molecule has 8 heteroatoms. The van der Waals surface area contributed by atoms with Gasteiger partial charge in [-0.25, -0.2) is 4.98 Å². The minimum atomic E-state index is -0.0153. The molecule has 0 atom stereocenters. The fourth-order valence-corrected chi connectivity index (χ4v) is 3.72. The fraction of sp³-hybridized carbons (Fsp3) is 0.200. The van der Waals surface area contributed by atoms with Crippen LogP contribution in [0, 0.1) is 0 Å². The summed E-state index contributed by atoms with van der Waals surface area (Å²) in [5.41, 5.74) is 5.42. The molecule has 5 nitrogen and oxygen atoms in total. The Morgan fingerprint density at radius 1 is 1.18 bits per heavy atom. The van der Waals surface area contributed by atoms with Crippen LogP contribution in [-0.2, 0) is 0 Å². The van der Waals surface area contributed by atoms with Crippen molar-refractivity contribution in [2.45, 2.75) is 20.0 Å². The van der Waals surface area contributed by atoms with Crippen molar-refractivity contribution in [3.05, 3.63) is 57.4 Å². The summed E-state index contributed by atoms with van der Waals surface area (Å²) in [6.45, 7) is 3.83. The minimum absolute atomic E-state index is 0.0153. The van der Waals surface area contributed by atoms with Crippen molar-refractivity contribution in [2.75, 3.05) is 12.5 Å². The summed E-state index contributed by atoms with van der Waals surface area (Å²) in [6, 6.07) is 11.2. The van der Waals surface area contributed by atoms with Crippen molar-refractivity contribution in [1.82, 2.24) is 4.98 Å². The van der Waals surface area contributed by atoms with Gasteiger partial charge in [0, 0.05) is 10.9 Å². The second-order valence-corrected chi connectivity index (χ2v) is 7.76. The summed E-state index contributed by atoms with van der Waals surface area (Å²) in [4.78, 5) is 4.54. The molecule has 1 N–H and O–H groups in total. The molecule has 0 fully saturated rings. The maximum Gasteiger partial charge on any atom is 0.203 e. The van der Waals surface area contributed by atoms with Gasteiger partial charge in [0.1, 0.15) is 5.75 Å². The first kappa shape index (κ1) is 20.5. The number of aromatic nitrogens is 1. The standard InChI is InChI=1S/C20H19Cl2N3O2S/c1-12(2)27-19-15(21)8-13(9-16(19)22)10-23-25-20-24-17(11-28-20)14-6-4-5-7-18(14)26-3/h4-12H,1-3H3,(H,24,25)/b23-10-. The SMILES string of the molecule is COc1ccccc1-c1csc(N/N=C\c2cc(Cl)c(OC(C)C)c(Cl)c2)n1. The highest BCUT2D eigenvalue weighted by atomic mass is 35.5. The number of anilines is 1. The monoisotopic (exact) mass is 435 g/mol. The zero-order valence-electron chi connectivity index (χ0n) is 15.6. The molecule has 3 rings (SSSR count). The predicted molar refractivity (Wildman–Crippen MR) is 118 cm³/mol. The molecule has 2 aromatic carbocycles. The molecule has 0 saturated heterocycles. The first-order chi connectivity index (χ1) is 13.5. The van der Waals surface area contributed by atoms with Gasteiger partial charge in [0.15, 0.2) is 5.75 Å². The van der Waals surface area contributed by atoms with Gasteiger partial charge in [0.25, 0.3) is 0 Å². The summed E-state index contributed by atoms with van der Waals surface area (Å²) < 4.78 is 11.0. The van der Waals surface area contributed by atoms with Gasteiger partial charge in [0.05, 0.1) is 35.2 Å². The zero-order valence-corrected chi connectivity index (χ0v) is 17.9. The number of nitrogens with zero attached hydrogens (tertiary/aromatic N) is 2. The lowest BCUT2D eigenvalue weighted by molar-refractivity contribution is 0.243. The van der Waals surface area contributed by atoms with E-state index >= 15 is 0 Å². The van der Waals surface area contributed by atoms with Crippen LogP contribution in [0.15, 0.2) is 46.9 Å². The van der Waals surface area contributed by atoms with Crippen molar-refractivity contribution >= 4 is 45.9 Å². The van der Waals surface area contributed by atoms with E-state index in [-0.39, 0.29) is 6.10 Å². The molecule has 0 aliphatic carbocycles. The smallest absolute Gasteiger partial charge is 0.203 e. The summed E-state index contributed by atoms with van der Waals surface area (Å²) in [7, 11) is 1.64. The molecule has 1 aromatic heterocycles. The Labute approximate surface area is 177 Å². The lowest BCUT2D eigenvalue weighted by atomic mass is 10.1. The Balaban J connectivity index is 1.71. The summed E-state index contributed by atoms with van der Waals surface area (Å²) in [5, 5.41) is 7.71. The van der Waals surface area contributed by atoms with Crippen molar-refractivity contribution in [1.29, 1.82) is 0 Å². The Hall–Kier alpha value is -2.28. The predicted octanol–water partition coefficient (Wildman–Crippen LogP) is 6.36. The Bertz CT molecular complexity index is 966. The van der Waals surface area contributed by atoms with Crippen LogP contribution in [0.5, 0.6) is 11.5 Å². The number of benzene rings is 2. The highest BCUT2D eigenvalue weighted by molar-refractivity contribution is 7.14. The number of thiazole rings is 1. The number of hydrazone groups is 1. The normalized spacial score (nSPS) is 11.2. The van der Waals surface area contributed by atoms with Crippen molar-refractivity contribution in [3.8, 4) is 22.8 Å². The van der Waals surface area contributed by atoms with Crippen LogP contribution in [0.3, 0.4) is 0 Å².